The molecule has 3 aliphatic rings. The van der Waals surface area contributed by atoms with E-state index in [4.69, 9.17) is 14.4 Å². The lowest BCUT2D eigenvalue weighted by Crippen LogP contribution is -2.35. The van der Waals surface area contributed by atoms with Crippen molar-refractivity contribution in [2.75, 3.05) is 14.2 Å². The standard InChI is InChI=1S/C20H19F4N2O4/c1-10-7-13-9-14(17(25-29-4)19(27)28-3)18(10)30-26(13)11(2)12-5-6-16(21)15(8-12)20(22,23)24/h5-6,8-9,11H,7H2,1-4H3/q+1. The molecule has 160 valence electrons. The first-order valence-corrected chi connectivity index (χ1v) is 8.89. The molecule has 0 spiro atoms. The second-order valence-corrected chi connectivity index (χ2v) is 6.78. The van der Waals surface area contributed by atoms with Crippen LogP contribution in [0.25, 0.3) is 0 Å². The van der Waals surface area contributed by atoms with Crippen LogP contribution in [0.15, 0.2) is 46.3 Å². The molecule has 1 aromatic carbocycles. The molecule has 10 heteroatoms. The lowest BCUT2D eigenvalue weighted by atomic mass is 9.92. The molecule has 2 heterocycles. The fraction of sp³-hybridized carbons (Fsp3) is 0.350. The van der Waals surface area contributed by atoms with Crippen molar-refractivity contribution in [1.82, 2.24) is 0 Å². The van der Waals surface area contributed by atoms with Gasteiger partial charge in [-0.25, -0.2) is 14.0 Å². The molecule has 0 fully saturated rings. The Morgan fingerprint density at radius 1 is 1.30 bits per heavy atom. The minimum atomic E-state index is -4.81. The molecule has 2 aliphatic heterocycles. The Labute approximate surface area is 169 Å². The second-order valence-electron chi connectivity index (χ2n) is 6.78. The third kappa shape index (κ3) is 3.81. The van der Waals surface area contributed by atoms with E-state index < -0.39 is 29.6 Å². The average molecular weight is 427 g/mol. The van der Waals surface area contributed by atoms with Gasteiger partial charge in [0.25, 0.3) is 0 Å². The SMILES string of the molecule is CON=C(C(=O)OC)C1=CC2=[N+](C(C)c3ccc(F)c(C(F)(F)F)c3)OC1=C(C)C2. The molecule has 6 nitrogen and oxygen atoms in total. The molecule has 0 amide bonds. The molecule has 0 N–H and O–H groups in total. The van der Waals surface area contributed by atoms with Crippen LogP contribution in [0, 0.1) is 5.82 Å². The van der Waals surface area contributed by atoms with Crippen LogP contribution in [0.2, 0.25) is 0 Å². The van der Waals surface area contributed by atoms with Crippen LogP contribution in [0.5, 0.6) is 0 Å². The topological polar surface area (TPSA) is 60.1 Å². The molecular formula is C20H19F4N2O4+. The van der Waals surface area contributed by atoms with Crippen LogP contribution >= 0.6 is 0 Å². The smallest absolute Gasteiger partial charge is 0.419 e. The van der Waals surface area contributed by atoms with Gasteiger partial charge in [0.1, 0.15) is 12.9 Å². The highest BCUT2D eigenvalue weighted by molar-refractivity contribution is 6.45. The molecule has 0 saturated carbocycles. The van der Waals surface area contributed by atoms with E-state index in [0.29, 0.717) is 23.5 Å². The number of alkyl halides is 3. The largest absolute Gasteiger partial charge is 0.464 e. The van der Waals surface area contributed by atoms with Crippen molar-refractivity contribution >= 4 is 17.4 Å². The highest BCUT2D eigenvalue weighted by Crippen LogP contribution is 2.37. The van der Waals surface area contributed by atoms with Gasteiger partial charge in [-0.05, 0) is 35.4 Å². The number of rotatable bonds is 5. The summed E-state index contributed by atoms with van der Waals surface area (Å²) in [5.74, 6) is -1.74. The Kier molecular flexibility index (Phi) is 5.69. The first-order valence-electron chi connectivity index (χ1n) is 8.89. The minimum absolute atomic E-state index is 0.0972. The number of hydroxylamine groups is 1. The van der Waals surface area contributed by atoms with Gasteiger partial charge in [0.2, 0.25) is 17.5 Å². The fourth-order valence-corrected chi connectivity index (χ4v) is 3.33. The molecular weight excluding hydrogens is 408 g/mol. The van der Waals surface area contributed by atoms with Crippen molar-refractivity contribution in [3.05, 3.63) is 58.1 Å². The van der Waals surface area contributed by atoms with Crippen molar-refractivity contribution in [2.24, 2.45) is 5.16 Å². The molecule has 0 aromatic heterocycles. The van der Waals surface area contributed by atoms with E-state index in [1.54, 1.807) is 19.9 Å². The summed E-state index contributed by atoms with van der Waals surface area (Å²) in [6, 6.07) is 2.17. The minimum Gasteiger partial charge on any atom is -0.464 e. The van der Waals surface area contributed by atoms with Crippen molar-refractivity contribution < 1.29 is 41.5 Å². The highest BCUT2D eigenvalue weighted by atomic mass is 19.4. The normalized spacial score (nSPS) is 17.6. The van der Waals surface area contributed by atoms with Gasteiger partial charge in [-0.1, -0.05) is 5.16 Å². The van der Waals surface area contributed by atoms with E-state index in [2.05, 4.69) is 5.16 Å². The first kappa shape index (κ1) is 21.5. The number of hydrogen-bond acceptors (Lipinski definition) is 5. The zero-order valence-electron chi connectivity index (χ0n) is 16.6. The molecule has 1 aliphatic carbocycles. The molecule has 1 unspecified atom stereocenters. The van der Waals surface area contributed by atoms with Crippen LogP contribution in [0.1, 0.15) is 37.4 Å². The van der Waals surface area contributed by atoms with Gasteiger partial charge < -0.3 is 9.57 Å². The van der Waals surface area contributed by atoms with Crippen LogP contribution in [-0.2, 0) is 25.4 Å². The summed E-state index contributed by atoms with van der Waals surface area (Å²) >= 11 is 0. The van der Waals surface area contributed by atoms with Gasteiger partial charge in [-0.15, -0.1) is 0 Å². The van der Waals surface area contributed by atoms with Crippen LogP contribution < -0.4 is 0 Å². The third-order valence-electron chi connectivity index (χ3n) is 4.81. The zero-order valence-corrected chi connectivity index (χ0v) is 16.6. The van der Waals surface area contributed by atoms with E-state index in [-0.39, 0.29) is 11.3 Å². The Morgan fingerprint density at radius 3 is 2.57 bits per heavy atom. The van der Waals surface area contributed by atoms with Crippen LogP contribution in [0.3, 0.4) is 0 Å². The van der Waals surface area contributed by atoms with E-state index in [1.807, 2.05) is 0 Å². The summed E-state index contributed by atoms with van der Waals surface area (Å²) in [5, 5.41) is 3.71. The van der Waals surface area contributed by atoms with Crippen molar-refractivity contribution in [2.45, 2.75) is 32.5 Å². The van der Waals surface area contributed by atoms with Gasteiger partial charge in [-0.2, -0.15) is 13.2 Å². The summed E-state index contributed by atoms with van der Waals surface area (Å²) in [5.41, 5.74) is 0.520. The molecule has 1 aromatic rings. The molecule has 1 atom stereocenters. The lowest BCUT2D eigenvalue weighted by molar-refractivity contribution is -0.803. The monoisotopic (exact) mass is 427 g/mol. The summed E-state index contributed by atoms with van der Waals surface area (Å²) in [6.45, 7) is 3.43. The number of carbonyl (C=O) groups excluding carboxylic acids is 1. The average Bonchev–Trinajstić information content (AvgIpc) is 2.70. The number of methoxy groups -OCH3 is 1. The highest BCUT2D eigenvalue weighted by Gasteiger charge is 2.42. The number of oxime groups is 1. The molecule has 0 radical (unpaired) electrons. The predicted octanol–water partition coefficient (Wildman–Crippen LogP) is 4.08. The van der Waals surface area contributed by atoms with Crippen LogP contribution in [0.4, 0.5) is 17.6 Å². The van der Waals surface area contributed by atoms with E-state index in [1.165, 1.54) is 25.0 Å². The Hall–Kier alpha value is -3.17. The fourth-order valence-electron chi connectivity index (χ4n) is 3.33. The second kappa shape index (κ2) is 7.92. The number of fused-ring (bicyclic) bond motifs is 2. The summed E-state index contributed by atoms with van der Waals surface area (Å²) in [4.78, 5) is 22.7. The van der Waals surface area contributed by atoms with Gasteiger partial charge in [0.05, 0.1) is 24.7 Å². The molecule has 0 saturated heterocycles. The predicted molar refractivity (Wildman–Crippen MR) is 98.0 cm³/mol. The number of benzene rings is 1. The van der Waals surface area contributed by atoms with Gasteiger partial charge in [-0.3, -0.25) is 0 Å². The number of nitrogens with zero attached hydrogens (tertiary/aromatic N) is 2. The van der Waals surface area contributed by atoms with Crippen LogP contribution in [-0.4, -0.2) is 36.4 Å². The number of esters is 1. The van der Waals surface area contributed by atoms with Crippen molar-refractivity contribution in [1.29, 1.82) is 0 Å². The zero-order chi connectivity index (χ0) is 22.2. The van der Waals surface area contributed by atoms with E-state index in [9.17, 15) is 22.4 Å². The number of ether oxygens (including phenoxy) is 1. The summed E-state index contributed by atoms with van der Waals surface area (Å²) < 4.78 is 59.0. The maximum absolute atomic E-state index is 13.6. The van der Waals surface area contributed by atoms with Crippen molar-refractivity contribution in [3.63, 3.8) is 0 Å². The lowest BCUT2D eigenvalue weighted by Gasteiger charge is -2.25. The third-order valence-corrected chi connectivity index (χ3v) is 4.81. The number of halogens is 4. The van der Waals surface area contributed by atoms with E-state index in [0.717, 1.165) is 17.7 Å². The van der Waals surface area contributed by atoms with Gasteiger partial charge in [0, 0.05) is 18.6 Å². The van der Waals surface area contributed by atoms with Crippen molar-refractivity contribution in [3.8, 4) is 0 Å². The Morgan fingerprint density at radius 2 is 2.00 bits per heavy atom. The van der Waals surface area contributed by atoms with Gasteiger partial charge >= 0.3 is 12.1 Å². The molecule has 2 bridgehead atoms. The maximum Gasteiger partial charge on any atom is 0.419 e. The number of allylic oxidation sites excluding steroid dienone is 3. The Balaban J connectivity index is 2.05. The van der Waals surface area contributed by atoms with E-state index >= 15 is 0 Å². The summed E-state index contributed by atoms with van der Waals surface area (Å²) in [6.07, 6.45) is -2.71. The first-order chi connectivity index (χ1) is 14.1. The van der Waals surface area contributed by atoms with Gasteiger partial charge in [0.15, 0.2) is 5.71 Å². The summed E-state index contributed by atoms with van der Waals surface area (Å²) in [7, 11) is 2.48. The quantitative estimate of drug-likeness (QED) is 0.234. The maximum atomic E-state index is 13.6. The Bertz CT molecular complexity index is 1020. The number of hydrogen-bond donors (Lipinski definition) is 0. The number of carbonyl (C=O) groups is 1. The molecule has 4 rings (SSSR count). The molecule has 30 heavy (non-hydrogen) atoms.